The second-order valence-corrected chi connectivity index (χ2v) is 9.62. The molecule has 2 aromatic carbocycles. The van der Waals surface area contributed by atoms with E-state index in [4.69, 9.17) is 23.7 Å². The Kier molecular flexibility index (Phi) is 11.3. The normalized spacial score (nSPS) is 15.7. The standard InChI is InChI=1S/C27H33IN4O8/c1-6-38-20-11-16(24-23(26(34)37-5)15(3)30-27(35)31-24)8-9-19(20)40-14-22(33)32-29-13-17-10-18(28)12-21(36-4)25(17)39-7-2/h8-13,22,24,32-33H,6-7,14H2,1-5H3,(H2,30,31,35)/b29-13+/t22-,24+/m1/s1. The number of aliphatic hydroxyl groups excluding tert-OH is 1. The van der Waals surface area contributed by atoms with Crippen LogP contribution >= 0.6 is 22.6 Å². The van der Waals surface area contributed by atoms with Crippen LogP contribution in [-0.4, -0.2) is 63.6 Å². The molecule has 2 amide bonds. The number of hydrogen-bond acceptors (Lipinski definition) is 10. The van der Waals surface area contributed by atoms with E-state index in [1.807, 2.05) is 26.0 Å². The van der Waals surface area contributed by atoms with Crippen LogP contribution in [0, 0.1) is 3.57 Å². The number of aliphatic hydroxyl groups is 1. The van der Waals surface area contributed by atoms with Gasteiger partial charge >= 0.3 is 12.0 Å². The van der Waals surface area contributed by atoms with Crippen LogP contribution in [-0.2, 0) is 9.53 Å². The van der Waals surface area contributed by atoms with Crippen molar-refractivity contribution in [2.75, 3.05) is 34.0 Å². The molecule has 2 atom stereocenters. The molecule has 40 heavy (non-hydrogen) atoms. The van der Waals surface area contributed by atoms with Crippen molar-refractivity contribution < 1.29 is 38.4 Å². The van der Waals surface area contributed by atoms with Gasteiger partial charge in [0.2, 0.25) is 0 Å². The van der Waals surface area contributed by atoms with Crippen LogP contribution in [0.3, 0.4) is 0 Å². The first-order valence-electron chi connectivity index (χ1n) is 12.4. The Labute approximate surface area is 246 Å². The van der Waals surface area contributed by atoms with Crippen molar-refractivity contribution in [2.45, 2.75) is 33.0 Å². The van der Waals surface area contributed by atoms with Crippen LogP contribution in [0.2, 0.25) is 0 Å². The molecule has 12 nitrogen and oxygen atoms in total. The van der Waals surface area contributed by atoms with Gasteiger partial charge in [0.1, 0.15) is 6.61 Å². The Balaban J connectivity index is 1.73. The third kappa shape index (κ3) is 7.69. The van der Waals surface area contributed by atoms with Gasteiger partial charge in [-0.25, -0.2) is 9.59 Å². The summed E-state index contributed by atoms with van der Waals surface area (Å²) in [5.41, 5.74) is 4.56. The number of hydrogen-bond donors (Lipinski definition) is 4. The van der Waals surface area contributed by atoms with Crippen LogP contribution in [0.15, 0.2) is 46.7 Å². The summed E-state index contributed by atoms with van der Waals surface area (Å²) in [5, 5.41) is 19.9. The maximum atomic E-state index is 12.4. The maximum Gasteiger partial charge on any atom is 0.337 e. The Hall–Kier alpha value is -3.72. The van der Waals surface area contributed by atoms with Gasteiger partial charge in [-0.3, -0.25) is 5.43 Å². The summed E-state index contributed by atoms with van der Waals surface area (Å²) in [7, 11) is 2.84. The number of allylic oxidation sites excluding steroid dienone is 1. The van der Waals surface area contributed by atoms with Gasteiger partial charge in [-0.05, 0) is 73.2 Å². The van der Waals surface area contributed by atoms with Crippen molar-refractivity contribution >= 4 is 40.8 Å². The van der Waals surface area contributed by atoms with Crippen molar-refractivity contribution in [3.8, 4) is 23.0 Å². The zero-order valence-corrected chi connectivity index (χ0v) is 25.0. The van der Waals surface area contributed by atoms with E-state index in [0.29, 0.717) is 53.0 Å². The average Bonchev–Trinajstić information content (AvgIpc) is 2.92. The number of carbonyl (C=O) groups is 2. The van der Waals surface area contributed by atoms with Gasteiger partial charge in [0.15, 0.2) is 29.2 Å². The number of carbonyl (C=O) groups excluding carboxylic acids is 2. The summed E-state index contributed by atoms with van der Waals surface area (Å²) in [6, 6.07) is 7.54. The number of rotatable bonds is 13. The average molecular weight is 668 g/mol. The molecule has 2 aromatic rings. The van der Waals surface area contributed by atoms with Crippen LogP contribution in [0.1, 0.15) is 37.9 Å². The Morgan fingerprint density at radius 2 is 1.88 bits per heavy atom. The first-order valence-corrected chi connectivity index (χ1v) is 13.5. The molecule has 0 radical (unpaired) electrons. The van der Waals surface area contributed by atoms with Gasteiger partial charge in [0.25, 0.3) is 0 Å². The highest BCUT2D eigenvalue weighted by atomic mass is 127. The Morgan fingerprint density at radius 1 is 1.12 bits per heavy atom. The van der Waals surface area contributed by atoms with E-state index in [9.17, 15) is 14.7 Å². The van der Waals surface area contributed by atoms with Crippen molar-refractivity contribution in [3.05, 3.63) is 56.3 Å². The quantitative estimate of drug-likeness (QED) is 0.0831. The molecule has 13 heteroatoms. The van der Waals surface area contributed by atoms with Crippen molar-refractivity contribution in [1.82, 2.24) is 16.1 Å². The molecule has 0 saturated heterocycles. The number of nitrogens with zero attached hydrogens (tertiary/aromatic N) is 1. The lowest BCUT2D eigenvalue weighted by Crippen LogP contribution is -2.45. The summed E-state index contributed by atoms with van der Waals surface area (Å²) in [6.45, 7) is 5.95. The third-order valence-electron chi connectivity index (χ3n) is 5.66. The second-order valence-electron chi connectivity index (χ2n) is 8.37. The number of urea groups is 1. The number of ether oxygens (including phenoxy) is 5. The van der Waals surface area contributed by atoms with Gasteiger partial charge < -0.3 is 39.4 Å². The zero-order valence-electron chi connectivity index (χ0n) is 22.9. The predicted octanol–water partition coefficient (Wildman–Crippen LogP) is 3.22. The summed E-state index contributed by atoms with van der Waals surface area (Å²) in [5.74, 6) is 1.29. The molecule has 0 bridgehead atoms. The number of benzene rings is 2. The summed E-state index contributed by atoms with van der Waals surface area (Å²) >= 11 is 2.17. The van der Waals surface area contributed by atoms with Crippen molar-refractivity contribution in [3.63, 3.8) is 0 Å². The van der Waals surface area contributed by atoms with E-state index in [1.54, 1.807) is 32.2 Å². The number of hydrazone groups is 1. The lowest BCUT2D eigenvalue weighted by Gasteiger charge is -2.28. The molecular formula is C27H33IN4O8. The van der Waals surface area contributed by atoms with E-state index in [0.717, 1.165) is 3.57 Å². The van der Waals surface area contributed by atoms with E-state index in [2.05, 4.69) is 43.8 Å². The molecule has 1 aliphatic rings. The fourth-order valence-electron chi connectivity index (χ4n) is 3.95. The molecule has 216 valence electrons. The largest absolute Gasteiger partial charge is 0.493 e. The molecule has 0 aliphatic carbocycles. The summed E-state index contributed by atoms with van der Waals surface area (Å²) in [4.78, 5) is 24.5. The lowest BCUT2D eigenvalue weighted by molar-refractivity contribution is -0.136. The van der Waals surface area contributed by atoms with Gasteiger partial charge in [-0.1, -0.05) is 6.07 Å². The van der Waals surface area contributed by atoms with E-state index >= 15 is 0 Å². The number of methoxy groups -OCH3 is 2. The molecular weight excluding hydrogens is 635 g/mol. The maximum absolute atomic E-state index is 12.4. The summed E-state index contributed by atoms with van der Waals surface area (Å²) in [6.07, 6.45) is 0.381. The molecule has 0 aromatic heterocycles. The van der Waals surface area contributed by atoms with Crippen molar-refractivity contribution in [2.24, 2.45) is 5.10 Å². The minimum absolute atomic E-state index is 0.152. The smallest absolute Gasteiger partial charge is 0.337 e. The number of esters is 1. The lowest BCUT2D eigenvalue weighted by atomic mass is 9.95. The zero-order chi connectivity index (χ0) is 29.2. The van der Waals surface area contributed by atoms with E-state index < -0.39 is 24.3 Å². The molecule has 1 aliphatic heterocycles. The first kappa shape index (κ1) is 30.8. The highest BCUT2D eigenvalue weighted by Gasteiger charge is 2.32. The Bertz CT molecular complexity index is 1280. The van der Waals surface area contributed by atoms with Crippen LogP contribution < -0.4 is 35.0 Å². The topological polar surface area (TPSA) is 149 Å². The highest BCUT2D eigenvalue weighted by Crippen LogP contribution is 2.35. The van der Waals surface area contributed by atoms with Crippen LogP contribution in [0.25, 0.3) is 0 Å². The minimum Gasteiger partial charge on any atom is -0.493 e. The molecule has 0 fully saturated rings. The van der Waals surface area contributed by atoms with E-state index in [-0.39, 0.29) is 12.2 Å². The number of amides is 2. The predicted molar refractivity (Wildman–Crippen MR) is 156 cm³/mol. The van der Waals surface area contributed by atoms with Gasteiger partial charge in [0, 0.05) is 14.8 Å². The first-order chi connectivity index (χ1) is 19.2. The molecule has 1 heterocycles. The summed E-state index contributed by atoms with van der Waals surface area (Å²) < 4.78 is 28.5. The van der Waals surface area contributed by atoms with Gasteiger partial charge in [-0.2, -0.15) is 5.10 Å². The third-order valence-corrected chi connectivity index (χ3v) is 6.28. The fourth-order valence-corrected chi connectivity index (χ4v) is 4.57. The Morgan fingerprint density at radius 3 is 2.55 bits per heavy atom. The fraction of sp³-hybridized carbons (Fsp3) is 0.370. The monoisotopic (exact) mass is 668 g/mol. The van der Waals surface area contributed by atoms with Crippen molar-refractivity contribution in [1.29, 1.82) is 0 Å². The van der Waals surface area contributed by atoms with Crippen LogP contribution in [0.5, 0.6) is 23.0 Å². The van der Waals surface area contributed by atoms with Crippen LogP contribution in [0.4, 0.5) is 4.79 Å². The molecule has 3 rings (SSSR count). The number of halogens is 1. The van der Waals surface area contributed by atoms with E-state index in [1.165, 1.54) is 13.3 Å². The molecule has 0 spiro atoms. The molecule has 0 unspecified atom stereocenters. The molecule has 4 N–H and O–H groups in total. The van der Waals surface area contributed by atoms with Gasteiger partial charge in [-0.15, -0.1) is 0 Å². The van der Waals surface area contributed by atoms with Gasteiger partial charge in [0.05, 0.1) is 45.3 Å². The minimum atomic E-state index is -1.15. The SMILES string of the molecule is CCOc1cc([C@@H]2NC(=O)NC(C)=C2C(=O)OC)ccc1OC[C@@H](O)N/N=C/c1cc(I)cc(OC)c1OCC. The molecule has 0 saturated carbocycles. The highest BCUT2D eigenvalue weighted by molar-refractivity contribution is 14.1. The second kappa shape index (κ2) is 14.6. The number of nitrogens with one attached hydrogen (secondary N) is 3.